The van der Waals surface area contributed by atoms with Crippen LogP contribution in [0.15, 0.2) is 42.5 Å². The molecule has 0 spiro atoms. The third-order valence-corrected chi connectivity index (χ3v) is 3.85. The number of benzene rings is 2. The van der Waals surface area contributed by atoms with Gasteiger partial charge in [-0.15, -0.1) is 0 Å². The topological polar surface area (TPSA) is 72.2 Å². The molecule has 0 fully saturated rings. The van der Waals surface area contributed by atoms with E-state index in [0.29, 0.717) is 11.1 Å². The molecule has 0 aromatic heterocycles. The van der Waals surface area contributed by atoms with Crippen molar-refractivity contribution in [1.82, 2.24) is 5.32 Å². The van der Waals surface area contributed by atoms with E-state index >= 15 is 0 Å². The summed E-state index contributed by atoms with van der Waals surface area (Å²) in [5, 5.41) is 2.54. The lowest BCUT2D eigenvalue weighted by Gasteiger charge is -2.16. The van der Waals surface area contributed by atoms with Gasteiger partial charge in [-0.25, -0.2) is 0 Å². The minimum atomic E-state index is -4.43. The number of aryl methyl sites for hydroxylation is 2. The summed E-state index contributed by atoms with van der Waals surface area (Å²) in [7, 11) is 0. The van der Waals surface area contributed by atoms with Gasteiger partial charge in [0.05, 0.1) is 5.56 Å². The third kappa shape index (κ3) is 5.08. The fourth-order valence-electron chi connectivity index (χ4n) is 2.64. The highest BCUT2D eigenvalue weighted by Gasteiger charge is 2.30. The van der Waals surface area contributed by atoms with Crippen LogP contribution in [0.5, 0.6) is 0 Å². The van der Waals surface area contributed by atoms with Crippen molar-refractivity contribution in [2.75, 3.05) is 0 Å². The van der Waals surface area contributed by atoms with Crippen LogP contribution in [0.4, 0.5) is 13.2 Å². The molecule has 0 aliphatic rings. The second-order valence-electron chi connectivity index (χ2n) is 6.20. The average Bonchev–Trinajstić information content (AvgIpc) is 2.52. The van der Waals surface area contributed by atoms with Crippen molar-refractivity contribution in [2.45, 2.75) is 32.5 Å². The number of rotatable bonds is 5. The number of hydrogen-bond acceptors (Lipinski definition) is 2. The second-order valence-corrected chi connectivity index (χ2v) is 6.20. The normalized spacial score (nSPS) is 12.5. The molecule has 2 aromatic rings. The SMILES string of the molecule is Cc1cc(C)cc(C(=O)N[C@H](Cc2ccc(C(F)(F)F)cc2)C(N)=O)c1. The van der Waals surface area contributed by atoms with Gasteiger partial charge in [0.15, 0.2) is 0 Å². The van der Waals surface area contributed by atoms with Gasteiger partial charge in [-0.2, -0.15) is 13.2 Å². The molecule has 0 unspecified atom stereocenters. The van der Waals surface area contributed by atoms with Crippen LogP contribution in [0.3, 0.4) is 0 Å². The second kappa shape index (κ2) is 7.59. The number of hydrogen-bond donors (Lipinski definition) is 2. The molecule has 0 saturated carbocycles. The predicted molar refractivity (Wildman–Crippen MR) is 91.5 cm³/mol. The minimum Gasteiger partial charge on any atom is -0.368 e. The summed E-state index contributed by atoms with van der Waals surface area (Å²) in [4.78, 5) is 24.0. The van der Waals surface area contributed by atoms with E-state index < -0.39 is 29.6 Å². The Morgan fingerprint density at radius 1 is 1.04 bits per heavy atom. The first-order valence-electron chi connectivity index (χ1n) is 7.91. The Morgan fingerprint density at radius 2 is 1.58 bits per heavy atom. The van der Waals surface area contributed by atoms with Crippen LogP contribution in [0.25, 0.3) is 0 Å². The molecular weight excluding hydrogens is 345 g/mol. The van der Waals surface area contributed by atoms with Crippen molar-refractivity contribution in [3.05, 3.63) is 70.3 Å². The molecular formula is C19H19F3N2O2. The quantitative estimate of drug-likeness (QED) is 0.856. The van der Waals surface area contributed by atoms with E-state index in [1.807, 2.05) is 19.9 Å². The molecule has 0 bridgehead atoms. The van der Waals surface area contributed by atoms with Crippen molar-refractivity contribution in [3.63, 3.8) is 0 Å². The molecule has 2 rings (SSSR count). The lowest BCUT2D eigenvalue weighted by molar-refractivity contribution is -0.137. The van der Waals surface area contributed by atoms with Crippen LogP contribution < -0.4 is 11.1 Å². The molecule has 1 atom stereocenters. The Morgan fingerprint density at radius 3 is 2.04 bits per heavy atom. The Bertz CT molecular complexity index is 794. The van der Waals surface area contributed by atoms with Gasteiger partial charge in [0.25, 0.3) is 5.91 Å². The molecule has 4 nitrogen and oxygen atoms in total. The number of nitrogens with two attached hydrogens (primary N) is 1. The summed E-state index contributed by atoms with van der Waals surface area (Å²) < 4.78 is 37.8. The number of amides is 2. The van der Waals surface area contributed by atoms with Gasteiger partial charge in [-0.3, -0.25) is 9.59 Å². The largest absolute Gasteiger partial charge is 0.416 e. The van der Waals surface area contributed by atoms with E-state index in [4.69, 9.17) is 5.73 Å². The highest BCUT2D eigenvalue weighted by molar-refractivity contribution is 5.97. The first-order valence-corrected chi connectivity index (χ1v) is 7.91. The zero-order valence-corrected chi connectivity index (χ0v) is 14.4. The summed E-state index contributed by atoms with van der Waals surface area (Å²) in [5.74, 6) is -1.23. The highest BCUT2D eigenvalue weighted by atomic mass is 19.4. The van der Waals surface area contributed by atoms with Crippen LogP contribution in [0.1, 0.15) is 32.6 Å². The van der Waals surface area contributed by atoms with E-state index in [1.165, 1.54) is 12.1 Å². The summed E-state index contributed by atoms with van der Waals surface area (Å²) in [5.41, 5.74) is 7.20. The molecule has 3 N–H and O–H groups in total. The van der Waals surface area contributed by atoms with Crippen LogP contribution in [0.2, 0.25) is 0 Å². The number of carbonyl (C=O) groups excluding carboxylic acids is 2. The van der Waals surface area contributed by atoms with E-state index in [-0.39, 0.29) is 6.42 Å². The summed E-state index contributed by atoms with van der Waals surface area (Å²) >= 11 is 0. The molecule has 0 saturated heterocycles. The molecule has 138 valence electrons. The third-order valence-electron chi connectivity index (χ3n) is 3.85. The Labute approximate surface area is 149 Å². The molecule has 0 aliphatic carbocycles. The van der Waals surface area contributed by atoms with Crippen LogP contribution in [-0.4, -0.2) is 17.9 Å². The van der Waals surface area contributed by atoms with Gasteiger partial charge >= 0.3 is 6.18 Å². The predicted octanol–water partition coefficient (Wildman–Crippen LogP) is 3.15. The number of nitrogens with one attached hydrogen (secondary N) is 1. The molecule has 0 aliphatic heterocycles. The average molecular weight is 364 g/mol. The van der Waals surface area contributed by atoms with Gasteiger partial charge in [0, 0.05) is 12.0 Å². The Hall–Kier alpha value is -2.83. The van der Waals surface area contributed by atoms with Crippen molar-refractivity contribution in [3.8, 4) is 0 Å². The fraction of sp³-hybridized carbons (Fsp3) is 0.263. The molecule has 7 heteroatoms. The van der Waals surface area contributed by atoms with Crippen LogP contribution in [0, 0.1) is 13.8 Å². The maximum absolute atomic E-state index is 12.6. The highest BCUT2D eigenvalue weighted by Crippen LogP contribution is 2.29. The zero-order valence-electron chi connectivity index (χ0n) is 14.4. The van der Waals surface area contributed by atoms with Crippen molar-refractivity contribution in [1.29, 1.82) is 0 Å². The van der Waals surface area contributed by atoms with Gasteiger partial charge < -0.3 is 11.1 Å². The van der Waals surface area contributed by atoms with Crippen LogP contribution >= 0.6 is 0 Å². The summed E-state index contributed by atoms with van der Waals surface area (Å²) in [6, 6.07) is 8.63. The number of primary amides is 1. The number of alkyl halides is 3. The zero-order chi connectivity index (χ0) is 19.5. The maximum Gasteiger partial charge on any atom is 0.416 e. The molecule has 26 heavy (non-hydrogen) atoms. The summed E-state index contributed by atoms with van der Waals surface area (Å²) in [6.07, 6.45) is -4.43. The monoisotopic (exact) mass is 364 g/mol. The Kier molecular flexibility index (Phi) is 5.69. The number of halogens is 3. The molecule has 0 heterocycles. The molecule has 2 aromatic carbocycles. The van der Waals surface area contributed by atoms with Crippen molar-refractivity contribution < 1.29 is 22.8 Å². The van der Waals surface area contributed by atoms with Gasteiger partial charge in [0.2, 0.25) is 5.91 Å². The standard InChI is InChI=1S/C19H19F3N2O2/c1-11-7-12(2)9-14(8-11)18(26)24-16(17(23)25)10-13-3-5-15(6-4-13)19(20,21)22/h3-9,16H,10H2,1-2H3,(H2,23,25)(H,24,26)/t16-/m1/s1. The maximum atomic E-state index is 12.6. The van der Waals surface area contributed by atoms with E-state index in [0.717, 1.165) is 23.3 Å². The lowest BCUT2D eigenvalue weighted by atomic mass is 10.0. The van der Waals surface area contributed by atoms with E-state index in [9.17, 15) is 22.8 Å². The smallest absolute Gasteiger partial charge is 0.368 e. The van der Waals surface area contributed by atoms with Gasteiger partial charge in [-0.05, 0) is 43.7 Å². The lowest BCUT2D eigenvalue weighted by Crippen LogP contribution is -2.45. The molecule has 2 amide bonds. The van der Waals surface area contributed by atoms with Crippen LogP contribution in [-0.2, 0) is 17.4 Å². The van der Waals surface area contributed by atoms with Gasteiger partial charge in [-0.1, -0.05) is 29.3 Å². The summed E-state index contributed by atoms with van der Waals surface area (Å²) in [6.45, 7) is 3.69. The van der Waals surface area contributed by atoms with Crippen molar-refractivity contribution >= 4 is 11.8 Å². The minimum absolute atomic E-state index is 0.00398. The van der Waals surface area contributed by atoms with E-state index in [2.05, 4.69) is 5.32 Å². The van der Waals surface area contributed by atoms with Crippen molar-refractivity contribution in [2.24, 2.45) is 5.73 Å². The number of carbonyl (C=O) groups is 2. The Balaban J connectivity index is 2.14. The van der Waals surface area contributed by atoms with E-state index in [1.54, 1.807) is 12.1 Å². The first kappa shape index (κ1) is 19.5. The first-order chi connectivity index (χ1) is 12.1. The molecule has 0 radical (unpaired) electrons. The van der Waals surface area contributed by atoms with Gasteiger partial charge in [0.1, 0.15) is 6.04 Å². The fourth-order valence-corrected chi connectivity index (χ4v) is 2.64.